The molecule has 17 atom stereocenters. The molecule has 12 bridgehead atoms. The molecule has 0 amide bonds. The average molecular weight is 2130 g/mol. The molecule has 2 heterocycles. The topological polar surface area (TPSA) is 223 Å². The van der Waals surface area contributed by atoms with Crippen molar-refractivity contribution in [2.45, 2.75) is 393 Å². The van der Waals surface area contributed by atoms with Gasteiger partial charge in [-0.2, -0.15) is 0 Å². The van der Waals surface area contributed by atoms with Crippen LogP contribution in [0.15, 0.2) is 74.9 Å². The minimum atomic E-state index is -1.03. The molecule has 0 aromatic carbocycles. The van der Waals surface area contributed by atoms with Crippen molar-refractivity contribution in [1.82, 2.24) is 0 Å². The van der Waals surface area contributed by atoms with Gasteiger partial charge in [0.05, 0.1) is 52.9 Å². The maximum atomic E-state index is 14.6. The van der Waals surface area contributed by atoms with E-state index >= 15 is 0 Å². The third-order valence-corrected chi connectivity index (χ3v) is 30.4. The summed E-state index contributed by atoms with van der Waals surface area (Å²) >= 11 is 5.30. The Bertz CT molecular complexity index is 3430. The fourth-order valence-electron chi connectivity index (χ4n) is 27.0. The Hall–Kier alpha value is -1.08. The van der Waals surface area contributed by atoms with Crippen LogP contribution >= 0.6 is 61.2 Å². The van der Waals surface area contributed by atoms with Crippen molar-refractivity contribution in [2.24, 2.45) is 123 Å². The second kappa shape index (κ2) is 41.2. The zero-order chi connectivity index (χ0) is 88.5. The molecule has 13 saturated carbocycles. The molecule has 0 aromatic heterocycles. The van der Waals surface area contributed by atoms with Gasteiger partial charge in [0, 0.05) is 11.0 Å². The predicted molar refractivity (Wildman–Crippen MR) is 502 cm³/mol. The number of allylic oxidation sites excluding steroid dienone is 2. The molecule has 4 N–H and O–H groups in total. The monoisotopic (exact) mass is 2130 g/mol. The van der Waals surface area contributed by atoms with E-state index in [1.807, 2.05) is 123 Å². The Morgan fingerprint density at radius 2 is 1.00 bits per heavy atom. The van der Waals surface area contributed by atoms with E-state index in [4.69, 9.17) is 37.9 Å². The van der Waals surface area contributed by atoms with Gasteiger partial charge in [-0.25, -0.2) is 4.79 Å². The molecule has 2 aliphatic heterocycles. The number of ether oxygens (including phenoxy) is 8. The van der Waals surface area contributed by atoms with E-state index < -0.39 is 62.3 Å². The van der Waals surface area contributed by atoms with Crippen LogP contribution in [-0.2, 0) is 57.1 Å². The van der Waals surface area contributed by atoms with E-state index in [1.54, 1.807) is 19.1 Å². The van der Waals surface area contributed by atoms with Crippen LogP contribution < -0.4 is 13.3 Å². The fraction of sp³-hybridized carbons (Fsp3) is 0.840. The first-order chi connectivity index (χ1) is 55.0. The molecule has 17 unspecified atom stereocenters. The van der Waals surface area contributed by atoms with Crippen molar-refractivity contribution in [1.29, 1.82) is 0 Å². The molecular weight excluding hydrogens is 1960 g/mol. The van der Waals surface area contributed by atoms with E-state index in [2.05, 4.69) is 103 Å². The Morgan fingerprint density at radius 1 is 0.542 bits per heavy atom. The molecule has 15 fully saturated rings. The van der Waals surface area contributed by atoms with Crippen molar-refractivity contribution in [3.05, 3.63) is 74.9 Å². The van der Waals surface area contributed by atoms with Gasteiger partial charge < -0.3 is 58.3 Å². The van der Waals surface area contributed by atoms with Gasteiger partial charge in [-0.1, -0.05) is 56.9 Å². The van der Waals surface area contributed by atoms with Crippen molar-refractivity contribution in [3.8, 4) is 0 Å². The molecule has 14 aliphatic carbocycles. The van der Waals surface area contributed by atoms with Gasteiger partial charge in [-0.3, -0.25) is 14.4 Å². The van der Waals surface area contributed by atoms with Crippen LogP contribution in [0.5, 0.6) is 0 Å². The molecule has 0 spiro atoms. The molecule has 120 heavy (non-hydrogen) atoms. The number of hydrogen-bond acceptors (Lipinski definition) is 16. The number of halogens is 4. The molecule has 0 aromatic rings. The number of carbonyl (C=O) groups is 4. The molecule has 0 radical (unpaired) electrons. The van der Waals surface area contributed by atoms with Crippen LogP contribution in [0.4, 0.5) is 0 Å². The van der Waals surface area contributed by atoms with Gasteiger partial charge >= 0.3 is 74.4 Å². The van der Waals surface area contributed by atoms with Crippen molar-refractivity contribution in [3.63, 3.8) is 0 Å². The van der Waals surface area contributed by atoms with Crippen LogP contribution in [0.1, 0.15) is 325 Å². The standard InChI is InChI=1S/C51H84O8.C17H26O.C12H20O3.C12H18O2.C8H14O2.I3.HI/c1-30-14-33(28-51(55,22-30)49-23-34-17-35(24-49)19-36(18-34)25-49)16-37-15-32(26-50(54,27-37)41-29-56-47(9,10)57-41)12-13-48(11,44(53)59-46(6,7)8)42-31(2)39-20-38(42)21-40(39)43(52)58-45(3,4)5;1-3-5-17(18,6-4-2)16-10-13-7-14(11-16)9-15(8-13)12-16;1-5-7-12(13,8-6-2)10-9-14-11(3,4)15-10;1-12(2,3)14-11(13)10-7-8-4-5-9(10)6-8;1-6(2)7(9)10-8(3,4)5;1-3-2;/h30-42,54-55H,12-29H2,1-11H3;3-4,13-15,18H,1-2,5-12H2;5-6,10,13H,1-2,7-9H2,3-4H3;4-5,8-10H,6-7H2,1-3H3;1H2,2-5H3;;1H/q;;;;;-1;. The zero-order valence-electron chi connectivity index (χ0n) is 77.7. The third kappa shape index (κ3) is 26.4. The Morgan fingerprint density at radius 3 is 1.41 bits per heavy atom. The summed E-state index contributed by atoms with van der Waals surface area (Å²) < 4.78 is 46.2. The van der Waals surface area contributed by atoms with Crippen LogP contribution in [0.25, 0.3) is 0 Å². The summed E-state index contributed by atoms with van der Waals surface area (Å²) in [4.78, 5) is 50.6. The molecular formula is C100H163I4O16-. The van der Waals surface area contributed by atoms with Crippen LogP contribution in [-0.4, -0.2) is 126 Å². The predicted octanol–water partition coefficient (Wildman–Crippen LogP) is 20.4. The SMILES string of the molecule is C=C(C)C(=O)OC(C)(C)C.C=CCC(O)(CC=C)C12CC3CC(CC(C3)C1)C2.C=CCC(O)(CC=C)C1COC(C)(C)O1.CC(C)(C)OC(=O)C1CC2C=CC1C2.CC1CC(CC2CC(CCC(C)(C(=O)OC(C)(C)C)C3C4CC(C(=O)OC(C)(C)C)C(C4)C3C)CC(O)(C3COC(C)(C)O3)C2)CC(O)(C23CC4CC(CC(C4)C2)C3)C1.I.I[I-]I. The first kappa shape index (κ1) is 104. The Labute approximate surface area is 773 Å². The van der Waals surface area contributed by atoms with Gasteiger partial charge in [0.2, 0.25) is 0 Å². The number of hydrogen-bond donors (Lipinski definition) is 4. The number of esters is 4. The van der Waals surface area contributed by atoms with Gasteiger partial charge in [0.1, 0.15) is 34.6 Å². The quantitative estimate of drug-likeness (QED) is 0.0260. The fourth-order valence-corrected chi connectivity index (χ4v) is 27.0. The van der Waals surface area contributed by atoms with Crippen LogP contribution in [0.3, 0.4) is 0 Å². The Kier molecular flexibility index (Phi) is 35.8. The van der Waals surface area contributed by atoms with Crippen LogP contribution in [0.2, 0.25) is 0 Å². The normalized spacial score (nSPS) is 38.0. The summed E-state index contributed by atoms with van der Waals surface area (Å²) in [5, 5.41) is 47.3. The molecule has 16 rings (SSSR count). The van der Waals surface area contributed by atoms with Crippen LogP contribution in [0, 0.1) is 123 Å². The number of aliphatic hydroxyl groups is 4. The van der Waals surface area contributed by atoms with E-state index in [0.717, 1.165) is 113 Å². The van der Waals surface area contributed by atoms with E-state index in [9.17, 15) is 39.6 Å². The first-order valence-corrected chi connectivity index (χ1v) is 58.7. The van der Waals surface area contributed by atoms with Gasteiger partial charge in [0.15, 0.2) is 11.6 Å². The second-order valence-electron chi connectivity index (χ2n) is 46.1. The summed E-state index contributed by atoms with van der Waals surface area (Å²) in [6, 6.07) is 0. The summed E-state index contributed by atoms with van der Waals surface area (Å²) in [5.74, 6) is 6.48. The summed E-state index contributed by atoms with van der Waals surface area (Å²) in [7, 11) is 0. The molecule has 16 nitrogen and oxygen atoms in total. The maximum absolute atomic E-state index is 14.6. The second-order valence-corrected chi connectivity index (χ2v) is 62.4. The van der Waals surface area contributed by atoms with E-state index in [0.29, 0.717) is 93.7 Å². The summed E-state index contributed by atoms with van der Waals surface area (Å²) in [6.45, 7) is 58.2. The minimum absolute atomic E-state index is 0. The van der Waals surface area contributed by atoms with Gasteiger partial charge in [-0.05, 0) is 411 Å². The van der Waals surface area contributed by atoms with Gasteiger partial charge in [0.25, 0.3) is 0 Å². The first-order valence-electron chi connectivity index (χ1n) is 46.1. The van der Waals surface area contributed by atoms with Crippen molar-refractivity contribution >= 4 is 85.1 Å². The Balaban J connectivity index is 0.000000234. The summed E-state index contributed by atoms with van der Waals surface area (Å²) in [5.41, 5.74) is -5.04. The van der Waals surface area contributed by atoms with Crippen molar-refractivity contribution < 1.29 is 90.8 Å². The zero-order valence-corrected chi connectivity index (χ0v) is 86.5. The summed E-state index contributed by atoms with van der Waals surface area (Å²) in [6.07, 6.45) is 40.9. The number of carbonyl (C=O) groups excluding carboxylic acids is 4. The molecule has 688 valence electrons. The van der Waals surface area contributed by atoms with E-state index in [-0.39, 0.29) is 112 Å². The van der Waals surface area contributed by atoms with Crippen molar-refractivity contribution in [2.75, 3.05) is 13.2 Å². The number of fused-ring (bicyclic) bond motifs is 4. The average Bonchev–Trinajstić information content (AvgIpc) is 1.33. The van der Waals surface area contributed by atoms with E-state index in [1.165, 1.54) is 77.0 Å². The number of rotatable bonds is 22. The third-order valence-electron chi connectivity index (χ3n) is 30.4. The molecule has 16 aliphatic rings. The molecule has 20 heteroatoms. The van der Waals surface area contributed by atoms with Gasteiger partial charge in [-0.15, -0.1) is 50.3 Å². The molecule has 2 saturated heterocycles.